The van der Waals surface area contributed by atoms with Crippen LogP contribution in [0.25, 0.3) is 0 Å². The molecule has 2 aliphatic heterocycles. The second kappa shape index (κ2) is 6.53. The van der Waals surface area contributed by atoms with E-state index >= 15 is 0 Å². The SMILES string of the molecule is CC(C)NCC1(CN2CCN(C)CC2C)CCOC1. The quantitative estimate of drug-likeness (QED) is 0.807. The number of ether oxygens (including phenoxy) is 1. The molecule has 2 unspecified atom stereocenters. The van der Waals surface area contributed by atoms with Crippen LogP contribution in [0.1, 0.15) is 27.2 Å². The van der Waals surface area contributed by atoms with Crippen molar-refractivity contribution in [2.45, 2.75) is 39.3 Å². The van der Waals surface area contributed by atoms with Gasteiger partial charge in [-0.3, -0.25) is 4.90 Å². The molecule has 0 radical (unpaired) electrons. The lowest BCUT2D eigenvalue weighted by Crippen LogP contribution is -2.55. The molecule has 0 aliphatic carbocycles. The monoisotopic (exact) mass is 269 g/mol. The molecule has 2 fully saturated rings. The van der Waals surface area contributed by atoms with Crippen molar-refractivity contribution in [3.63, 3.8) is 0 Å². The summed E-state index contributed by atoms with van der Waals surface area (Å²) in [7, 11) is 2.22. The van der Waals surface area contributed by atoms with Crippen molar-refractivity contribution in [1.82, 2.24) is 15.1 Å². The first-order chi connectivity index (χ1) is 9.01. The molecular weight excluding hydrogens is 238 g/mol. The maximum atomic E-state index is 5.71. The lowest BCUT2D eigenvalue weighted by Gasteiger charge is -2.43. The molecule has 2 rings (SSSR count). The highest BCUT2D eigenvalue weighted by molar-refractivity contribution is 4.91. The Morgan fingerprint density at radius 2 is 2.16 bits per heavy atom. The molecule has 0 bridgehead atoms. The Labute approximate surface area is 118 Å². The maximum Gasteiger partial charge on any atom is 0.0547 e. The molecule has 0 aromatic heterocycles. The third-order valence-corrected chi connectivity index (χ3v) is 4.58. The molecule has 112 valence electrons. The molecule has 2 aliphatic rings. The van der Waals surface area contributed by atoms with Crippen molar-refractivity contribution >= 4 is 0 Å². The van der Waals surface area contributed by atoms with Crippen molar-refractivity contribution in [1.29, 1.82) is 0 Å². The molecule has 0 saturated carbocycles. The smallest absolute Gasteiger partial charge is 0.0547 e. The van der Waals surface area contributed by atoms with E-state index in [1.165, 1.54) is 32.6 Å². The molecular formula is C15H31N3O. The predicted octanol–water partition coefficient (Wildman–Crippen LogP) is 1.03. The predicted molar refractivity (Wildman–Crippen MR) is 79.5 cm³/mol. The topological polar surface area (TPSA) is 27.7 Å². The molecule has 4 heteroatoms. The Morgan fingerprint density at radius 3 is 2.74 bits per heavy atom. The minimum absolute atomic E-state index is 0.328. The molecule has 1 N–H and O–H groups in total. The van der Waals surface area contributed by atoms with Gasteiger partial charge in [-0.1, -0.05) is 13.8 Å². The van der Waals surface area contributed by atoms with Crippen LogP contribution in [0.5, 0.6) is 0 Å². The van der Waals surface area contributed by atoms with Gasteiger partial charge in [0, 0.05) is 56.8 Å². The summed E-state index contributed by atoms with van der Waals surface area (Å²) >= 11 is 0. The van der Waals surface area contributed by atoms with Crippen LogP contribution in [0.15, 0.2) is 0 Å². The van der Waals surface area contributed by atoms with Crippen LogP contribution >= 0.6 is 0 Å². The summed E-state index contributed by atoms with van der Waals surface area (Å²) in [6, 6.07) is 1.22. The fourth-order valence-electron chi connectivity index (χ4n) is 3.23. The van der Waals surface area contributed by atoms with Crippen LogP contribution in [-0.2, 0) is 4.74 Å². The zero-order valence-electron chi connectivity index (χ0n) is 13.1. The van der Waals surface area contributed by atoms with Gasteiger partial charge in [-0.2, -0.15) is 0 Å². The highest BCUT2D eigenvalue weighted by Crippen LogP contribution is 2.30. The number of hydrogen-bond acceptors (Lipinski definition) is 4. The minimum atomic E-state index is 0.328. The van der Waals surface area contributed by atoms with E-state index in [2.05, 4.69) is 42.9 Å². The van der Waals surface area contributed by atoms with E-state index in [4.69, 9.17) is 4.74 Å². The first kappa shape index (κ1) is 15.2. The molecule has 0 spiro atoms. The lowest BCUT2D eigenvalue weighted by molar-refractivity contribution is 0.0453. The summed E-state index contributed by atoms with van der Waals surface area (Å²) in [5, 5.41) is 3.62. The van der Waals surface area contributed by atoms with Gasteiger partial charge in [-0.05, 0) is 20.4 Å². The second-order valence-electron chi connectivity index (χ2n) is 6.92. The Hall–Kier alpha value is -0.160. The van der Waals surface area contributed by atoms with E-state index in [1.54, 1.807) is 0 Å². The third-order valence-electron chi connectivity index (χ3n) is 4.58. The summed E-state index contributed by atoms with van der Waals surface area (Å²) in [6.45, 7) is 14.5. The molecule has 19 heavy (non-hydrogen) atoms. The van der Waals surface area contributed by atoms with Gasteiger partial charge in [0.1, 0.15) is 0 Å². The molecule has 2 atom stereocenters. The highest BCUT2D eigenvalue weighted by Gasteiger charge is 2.38. The van der Waals surface area contributed by atoms with Gasteiger partial charge in [0.05, 0.1) is 6.61 Å². The standard InChI is InChI=1S/C15H31N3O/c1-13(2)16-10-15(5-8-19-12-15)11-18-7-6-17(4)9-14(18)3/h13-14,16H,5-12H2,1-4H3. The average Bonchev–Trinajstić information content (AvgIpc) is 2.80. The second-order valence-corrected chi connectivity index (χ2v) is 6.92. The van der Waals surface area contributed by atoms with Crippen LogP contribution in [-0.4, -0.2) is 74.9 Å². The van der Waals surface area contributed by atoms with Crippen molar-refractivity contribution in [2.75, 3.05) is 53.0 Å². The highest BCUT2D eigenvalue weighted by atomic mass is 16.5. The van der Waals surface area contributed by atoms with E-state index in [9.17, 15) is 0 Å². The van der Waals surface area contributed by atoms with E-state index in [0.29, 0.717) is 17.5 Å². The number of rotatable bonds is 5. The van der Waals surface area contributed by atoms with Crippen molar-refractivity contribution in [3.05, 3.63) is 0 Å². The summed E-state index contributed by atoms with van der Waals surface area (Å²) in [4.78, 5) is 5.10. The first-order valence-corrected chi connectivity index (χ1v) is 7.74. The Balaban J connectivity index is 1.92. The largest absolute Gasteiger partial charge is 0.381 e. The minimum Gasteiger partial charge on any atom is -0.381 e. The average molecular weight is 269 g/mol. The fourth-order valence-corrected chi connectivity index (χ4v) is 3.23. The number of nitrogens with one attached hydrogen (secondary N) is 1. The van der Waals surface area contributed by atoms with Gasteiger partial charge in [0.15, 0.2) is 0 Å². The van der Waals surface area contributed by atoms with Crippen molar-refractivity contribution < 1.29 is 4.74 Å². The van der Waals surface area contributed by atoms with Crippen molar-refractivity contribution in [3.8, 4) is 0 Å². The maximum absolute atomic E-state index is 5.71. The summed E-state index contributed by atoms with van der Waals surface area (Å²) in [6.07, 6.45) is 1.20. The van der Waals surface area contributed by atoms with Crippen LogP contribution in [0.2, 0.25) is 0 Å². The van der Waals surface area contributed by atoms with Gasteiger partial charge >= 0.3 is 0 Å². The summed E-state index contributed by atoms with van der Waals surface area (Å²) in [5.74, 6) is 0. The van der Waals surface area contributed by atoms with Gasteiger partial charge in [-0.15, -0.1) is 0 Å². The zero-order valence-corrected chi connectivity index (χ0v) is 13.1. The molecule has 4 nitrogen and oxygen atoms in total. The molecule has 2 saturated heterocycles. The number of piperazine rings is 1. The molecule has 0 amide bonds. The van der Waals surface area contributed by atoms with E-state index < -0.39 is 0 Å². The first-order valence-electron chi connectivity index (χ1n) is 7.74. The van der Waals surface area contributed by atoms with E-state index in [1.807, 2.05) is 0 Å². The Morgan fingerprint density at radius 1 is 1.37 bits per heavy atom. The van der Waals surface area contributed by atoms with Crippen LogP contribution < -0.4 is 5.32 Å². The van der Waals surface area contributed by atoms with Crippen LogP contribution in [0.3, 0.4) is 0 Å². The number of hydrogen-bond donors (Lipinski definition) is 1. The van der Waals surface area contributed by atoms with Crippen molar-refractivity contribution in [2.24, 2.45) is 5.41 Å². The van der Waals surface area contributed by atoms with Gasteiger partial charge in [0.2, 0.25) is 0 Å². The fraction of sp³-hybridized carbons (Fsp3) is 1.00. The van der Waals surface area contributed by atoms with Gasteiger partial charge in [-0.25, -0.2) is 0 Å². The normalized spacial score (nSPS) is 34.3. The molecule has 0 aromatic rings. The number of nitrogens with zero attached hydrogens (tertiary/aromatic N) is 2. The van der Waals surface area contributed by atoms with E-state index in [0.717, 1.165) is 19.8 Å². The van der Waals surface area contributed by atoms with Crippen LogP contribution in [0.4, 0.5) is 0 Å². The third kappa shape index (κ3) is 4.15. The van der Waals surface area contributed by atoms with E-state index in [-0.39, 0.29) is 0 Å². The van der Waals surface area contributed by atoms with Gasteiger partial charge < -0.3 is 15.0 Å². The Kier molecular flexibility index (Phi) is 5.23. The van der Waals surface area contributed by atoms with Gasteiger partial charge in [0.25, 0.3) is 0 Å². The van der Waals surface area contributed by atoms with Crippen LogP contribution in [0, 0.1) is 5.41 Å². The Bertz CT molecular complexity index is 277. The summed E-state index contributed by atoms with van der Waals surface area (Å²) in [5.41, 5.74) is 0.328. The number of likely N-dealkylation sites (N-methyl/N-ethyl adjacent to an activating group) is 1. The summed E-state index contributed by atoms with van der Waals surface area (Å²) < 4.78 is 5.71. The lowest BCUT2D eigenvalue weighted by atomic mass is 9.85. The zero-order chi connectivity index (χ0) is 13.9. The molecule has 2 heterocycles. The molecule has 0 aromatic carbocycles.